The molecule has 0 aliphatic heterocycles. The van der Waals surface area contributed by atoms with Crippen molar-refractivity contribution < 1.29 is 9.18 Å². The van der Waals surface area contributed by atoms with Gasteiger partial charge >= 0.3 is 0 Å². The van der Waals surface area contributed by atoms with E-state index in [9.17, 15) is 9.18 Å². The number of carbonyl (C=O) groups is 1. The first kappa shape index (κ1) is 15.9. The Morgan fingerprint density at radius 1 is 1.23 bits per heavy atom. The maximum atomic E-state index is 12.8. The summed E-state index contributed by atoms with van der Waals surface area (Å²) < 4.78 is 12.8. The molecule has 0 bridgehead atoms. The summed E-state index contributed by atoms with van der Waals surface area (Å²) in [6, 6.07) is 7.79. The van der Waals surface area contributed by atoms with E-state index in [1.807, 2.05) is 13.8 Å². The van der Waals surface area contributed by atoms with E-state index in [4.69, 9.17) is 0 Å². The number of hydrogen-bond donors (Lipinski definition) is 2. The maximum Gasteiger partial charge on any atom is 0.270 e. The van der Waals surface area contributed by atoms with Gasteiger partial charge in [-0.15, -0.1) is 0 Å². The van der Waals surface area contributed by atoms with E-state index in [0.717, 1.165) is 5.56 Å². The largest absolute Gasteiger partial charge is 0.366 e. The van der Waals surface area contributed by atoms with Gasteiger partial charge in [0.25, 0.3) is 5.91 Å². The number of carbonyl (C=O) groups excluding carboxylic acids is 1. The van der Waals surface area contributed by atoms with Gasteiger partial charge in [0.1, 0.15) is 23.7 Å². The van der Waals surface area contributed by atoms with E-state index in [2.05, 4.69) is 20.6 Å². The van der Waals surface area contributed by atoms with Crippen molar-refractivity contribution in [2.45, 2.75) is 20.4 Å². The van der Waals surface area contributed by atoms with Gasteiger partial charge in [0.05, 0.1) is 0 Å². The van der Waals surface area contributed by atoms with Crippen molar-refractivity contribution >= 4 is 11.7 Å². The molecule has 0 spiro atoms. The Kier molecular flexibility index (Phi) is 5.41. The standard InChI is InChI=1S/C16H19FN4O/c1-11(2)8-19-16(22)14-7-15(21-10-20-14)18-9-12-3-5-13(17)6-4-12/h3-7,10-11H,8-9H2,1-2H3,(H,19,22)(H,18,20,21). The van der Waals surface area contributed by atoms with E-state index in [1.165, 1.54) is 18.5 Å². The second-order valence-electron chi connectivity index (χ2n) is 5.37. The van der Waals surface area contributed by atoms with Crippen LogP contribution in [0.5, 0.6) is 0 Å². The number of benzene rings is 1. The lowest BCUT2D eigenvalue weighted by molar-refractivity contribution is 0.0944. The Hall–Kier alpha value is -2.50. The molecule has 2 rings (SSSR count). The number of nitrogens with zero attached hydrogens (tertiary/aromatic N) is 2. The highest BCUT2D eigenvalue weighted by Crippen LogP contribution is 2.08. The summed E-state index contributed by atoms with van der Waals surface area (Å²) in [5.41, 5.74) is 1.24. The lowest BCUT2D eigenvalue weighted by atomic mass is 10.2. The van der Waals surface area contributed by atoms with Crippen molar-refractivity contribution in [1.29, 1.82) is 0 Å². The number of aromatic nitrogens is 2. The number of nitrogens with one attached hydrogen (secondary N) is 2. The van der Waals surface area contributed by atoms with Gasteiger partial charge in [0, 0.05) is 19.2 Å². The monoisotopic (exact) mass is 302 g/mol. The lowest BCUT2D eigenvalue weighted by Gasteiger charge is -2.09. The normalized spacial score (nSPS) is 10.5. The number of amides is 1. The zero-order valence-corrected chi connectivity index (χ0v) is 12.6. The first-order valence-electron chi connectivity index (χ1n) is 7.13. The van der Waals surface area contributed by atoms with E-state index < -0.39 is 0 Å². The Morgan fingerprint density at radius 2 is 1.95 bits per heavy atom. The zero-order valence-electron chi connectivity index (χ0n) is 12.6. The fourth-order valence-corrected chi connectivity index (χ4v) is 1.76. The summed E-state index contributed by atoms with van der Waals surface area (Å²) >= 11 is 0. The predicted molar refractivity (Wildman–Crippen MR) is 82.9 cm³/mol. The third-order valence-corrected chi connectivity index (χ3v) is 2.96. The SMILES string of the molecule is CC(C)CNC(=O)c1cc(NCc2ccc(F)cc2)ncn1. The molecule has 5 nitrogen and oxygen atoms in total. The van der Waals surface area contributed by atoms with Crippen LogP contribution in [0.25, 0.3) is 0 Å². The van der Waals surface area contributed by atoms with Gasteiger partial charge in [0.15, 0.2) is 0 Å². The molecule has 0 saturated heterocycles. The molecule has 0 radical (unpaired) electrons. The Bertz CT molecular complexity index is 628. The van der Waals surface area contributed by atoms with Crippen LogP contribution in [-0.4, -0.2) is 22.4 Å². The average molecular weight is 302 g/mol. The van der Waals surface area contributed by atoms with Gasteiger partial charge < -0.3 is 10.6 Å². The van der Waals surface area contributed by atoms with Crippen LogP contribution in [0.4, 0.5) is 10.2 Å². The maximum absolute atomic E-state index is 12.8. The number of anilines is 1. The Labute approximate surface area is 129 Å². The first-order chi connectivity index (χ1) is 10.5. The van der Waals surface area contributed by atoms with Crippen LogP contribution in [0.2, 0.25) is 0 Å². The summed E-state index contributed by atoms with van der Waals surface area (Å²) in [7, 11) is 0. The minimum Gasteiger partial charge on any atom is -0.366 e. The summed E-state index contributed by atoms with van der Waals surface area (Å²) in [5, 5.41) is 5.89. The highest BCUT2D eigenvalue weighted by molar-refractivity contribution is 5.92. The molecule has 2 aromatic rings. The summed E-state index contributed by atoms with van der Waals surface area (Å²) in [4.78, 5) is 20.0. The van der Waals surface area contributed by atoms with Crippen LogP contribution >= 0.6 is 0 Å². The van der Waals surface area contributed by atoms with Gasteiger partial charge in [0.2, 0.25) is 0 Å². The van der Waals surface area contributed by atoms with Crippen LogP contribution in [-0.2, 0) is 6.54 Å². The van der Waals surface area contributed by atoms with E-state index >= 15 is 0 Å². The number of rotatable bonds is 6. The van der Waals surface area contributed by atoms with Crippen molar-refractivity contribution in [2.75, 3.05) is 11.9 Å². The molecular weight excluding hydrogens is 283 g/mol. The second kappa shape index (κ2) is 7.49. The number of halogens is 1. The highest BCUT2D eigenvalue weighted by atomic mass is 19.1. The van der Waals surface area contributed by atoms with Gasteiger partial charge in [-0.25, -0.2) is 14.4 Å². The van der Waals surface area contributed by atoms with Gasteiger partial charge in [-0.3, -0.25) is 4.79 Å². The van der Waals surface area contributed by atoms with E-state index in [0.29, 0.717) is 30.5 Å². The van der Waals surface area contributed by atoms with Crippen molar-refractivity contribution in [3.8, 4) is 0 Å². The molecule has 0 aliphatic rings. The van der Waals surface area contributed by atoms with Gasteiger partial charge in [-0.05, 0) is 23.6 Å². The zero-order chi connectivity index (χ0) is 15.9. The van der Waals surface area contributed by atoms with Crippen molar-refractivity contribution in [3.63, 3.8) is 0 Å². The molecule has 0 saturated carbocycles. The van der Waals surface area contributed by atoms with Crippen molar-refractivity contribution in [2.24, 2.45) is 5.92 Å². The summed E-state index contributed by atoms with van der Waals surface area (Å²) in [6.45, 7) is 5.14. The van der Waals surface area contributed by atoms with Crippen LogP contribution in [0.3, 0.4) is 0 Å². The molecule has 22 heavy (non-hydrogen) atoms. The molecule has 0 unspecified atom stereocenters. The molecule has 116 valence electrons. The minimum absolute atomic E-state index is 0.221. The molecule has 6 heteroatoms. The third kappa shape index (κ3) is 4.80. The first-order valence-corrected chi connectivity index (χ1v) is 7.13. The smallest absolute Gasteiger partial charge is 0.270 e. The van der Waals surface area contributed by atoms with E-state index in [1.54, 1.807) is 18.2 Å². The molecule has 1 heterocycles. The molecule has 0 aliphatic carbocycles. The third-order valence-electron chi connectivity index (χ3n) is 2.96. The van der Waals surface area contributed by atoms with Gasteiger partial charge in [-0.2, -0.15) is 0 Å². The fraction of sp³-hybridized carbons (Fsp3) is 0.312. The number of hydrogen-bond acceptors (Lipinski definition) is 4. The van der Waals surface area contributed by atoms with Gasteiger partial charge in [-0.1, -0.05) is 26.0 Å². The van der Waals surface area contributed by atoms with Crippen LogP contribution in [0.15, 0.2) is 36.7 Å². The lowest BCUT2D eigenvalue weighted by Crippen LogP contribution is -2.28. The second-order valence-corrected chi connectivity index (χ2v) is 5.37. The van der Waals surface area contributed by atoms with Crippen LogP contribution in [0, 0.1) is 11.7 Å². The minimum atomic E-state index is -0.269. The quantitative estimate of drug-likeness (QED) is 0.861. The topological polar surface area (TPSA) is 66.9 Å². The predicted octanol–water partition coefficient (Wildman–Crippen LogP) is 2.61. The molecule has 1 aromatic carbocycles. The van der Waals surface area contributed by atoms with E-state index in [-0.39, 0.29) is 11.7 Å². The highest BCUT2D eigenvalue weighted by Gasteiger charge is 2.08. The molecule has 1 amide bonds. The Balaban J connectivity index is 1.96. The van der Waals surface area contributed by atoms with Crippen LogP contribution < -0.4 is 10.6 Å². The summed E-state index contributed by atoms with van der Waals surface area (Å²) in [6.07, 6.45) is 1.34. The average Bonchev–Trinajstić information content (AvgIpc) is 2.52. The molecule has 1 aromatic heterocycles. The van der Waals surface area contributed by atoms with Crippen molar-refractivity contribution in [1.82, 2.24) is 15.3 Å². The molecule has 0 atom stereocenters. The van der Waals surface area contributed by atoms with Crippen LogP contribution in [0.1, 0.15) is 29.9 Å². The Morgan fingerprint density at radius 3 is 2.64 bits per heavy atom. The van der Waals surface area contributed by atoms with Crippen molar-refractivity contribution in [3.05, 3.63) is 53.7 Å². The summed E-state index contributed by atoms with van der Waals surface area (Å²) in [5.74, 6) is 0.437. The molecule has 0 fully saturated rings. The fourth-order valence-electron chi connectivity index (χ4n) is 1.76. The molecular formula is C16H19FN4O. The molecule has 2 N–H and O–H groups in total.